The van der Waals surface area contributed by atoms with Crippen LogP contribution in [0.15, 0.2) is 35.2 Å². The molecular formula is C19H28N2OS. The zero-order chi connectivity index (χ0) is 16.3. The maximum atomic E-state index is 13.0. The number of carbonyl (C=O) groups excluding carboxylic acids is 1. The SMILES string of the molecule is CC(C)C(Sc1ccccc1)C(=O)N1CCC2(CCNC2)CC1. The summed E-state index contributed by atoms with van der Waals surface area (Å²) in [5.74, 6) is 0.673. The maximum Gasteiger partial charge on any atom is 0.236 e. The molecule has 1 spiro atoms. The van der Waals surface area contributed by atoms with Crippen molar-refractivity contribution in [3.05, 3.63) is 30.3 Å². The summed E-state index contributed by atoms with van der Waals surface area (Å²) < 4.78 is 0. The number of amides is 1. The van der Waals surface area contributed by atoms with E-state index in [1.165, 1.54) is 11.3 Å². The number of carbonyl (C=O) groups is 1. The highest BCUT2D eigenvalue weighted by atomic mass is 32.2. The van der Waals surface area contributed by atoms with Gasteiger partial charge in [-0.3, -0.25) is 4.79 Å². The Morgan fingerprint density at radius 3 is 2.43 bits per heavy atom. The Hall–Kier alpha value is -1.00. The van der Waals surface area contributed by atoms with Crippen molar-refractivity contribution < 1.29 is 4.79 Å². The lowest BCUT2D eigenvalue weighted by Gasteiger charge is -2.40. The Bertz CT molecular complexity index is 515. The molecule has 126 valence electrons. The van der Waals surface area contributed by atoms with Crippen molar-refractivity contribution in [3.63, 3.8) is 0 Å². The van der Waals surface area contributed by atoms with Crippen molar-refractivity contribution in [2.24, 2.45) is 11.3 Å². The van der Waals surface area contributed by atoms with E-state index in [1.807, 2.05) is 18.2 Å². The Balaban J connectivity index is 1.62. The fraction of sp³-hybridized carbons (Fsp3) is 0.632. The third-order valence-corrected chi connectivity index (χ3v) is 6.87. The zero-order valence-corrected chi connectivity index (χ0v) is 15.1. The van der Waals surface area contributed by atoms with Crippen molar-refractivity contribution in [1.29, 1.82) is 0 Å². The molecule has 0 aromatic heterocycles. The molecule has 0 bridgehead atoms. The molecular weight excluding hydrogens is 304 g/mol. The number of nitrogens with one attached hydrogen (secondary N) is 1. The lowest BCUT2D eigenvalue weighted by molar-refractivity contribution is -0.133. The van der Waals surface area contributed by atoms with Gasteiger partial charge >= 0.3 is 0 Å². The van der Waals surface area contributed by atoms with Crippen LogP contribution in [0.25, 0.3) is 0 Å². The number of likely N-dealkylation sites (tertiary alicyclic amines) is 1. The van der Waals surface area contributed by atoms with Crippen LogP contribution in [0.3, 0.4) is 0 Å². The summed E-state index contributed by atoms with van der Waals surface area (Å²) in [6.45, 7) is 8.46. The van der Waals surface area contributed by atoms with Gasteiger partial charge in [0, 0.05) is 24.5 Å². The molecule has 2 fully saturated rings. The summed E-state index contributed by atoms with van der Waals surface area (Å²) >= 11 is 1.72. The van der Waals surface area contributed by atoms with Gasteiger partial charge in [-0.2, -0.15) is 0 Å². The van der Waals surface area contributed by atoms with E-state index in [1.54, 1.807) is 11.8 Å². The number of benzene rings is 1. The van der Waals surface area contributed by atoms with Crippen molar-refractivity contribution in [1.82, 2.24) is 10.2 Å². The molecule has 2 saturated heterocycles. The second kappa shape index (κ2) is 7.27. The van der Waals surface area contributed by atoms with Gasteiger partial charge in [0.15, 0.2) is 0 Å². The van der Waals surface area contributed by atoms with Gasteiger partial charge < -0.3 is 10.2 Å². The summed E-state index contributed by atoms with van der Waals surface area (Å²) in [6, 6.07) is 10.3. The van der Waals surface area contributed by atoms with Crippen molar-refractivity contribution >= 4 is 17.7 Å². The Morgan fingerprint density at radius 1 is 1.17 bits per heavy atom. The van der Waals surface area contributed by atoms with Crippen LogP contribution in [0.1, 0.15) is 33.1 Å². The Morgan fingerprint density at radius 2 is 1.87 bits per heavy atom. The van der Waals surface area contributed by atoms with Crippen LogP contribution >= 0.6 is 11.8 Å². The predicted molar refractivity (Wildman–Crippen MR) is 96.7 cm³/mol. The van der Waals surface area contributed by atoms with Gasteiger partial charge in [-0.05, 0) is 49.3 Å². The van der Waals surface area contributed by atoms with Gasteiger partial charge in [0.05, 0.1) is 5.25 Å². The maximum absolute atomic E-state index is 13.0. The smallest absolute Gasteiger partial charge is 0.236 e. The number of nitrogens with zero attached hydrogens (tertiary/aromatic N) is 1. The normalized spacial score (nSPS) is 21.8. The minimum atomic E-state index is 0.0214. The zero-order valence-electron chi connectivity index (χ0n) is 14.3. The molecule has 0 saturated carbocycles. The Kier molecular flexibility index (Phi) is 5.32. The second-order valence-electron chi connectivity index (χ2n) is 7.35. The average molecular weight is 333 g/mol. The predicted octanol–water partition coefficient (Wildman–Crippen LogP) is 3.41. The number of rotatable bonds is 4. The standard InChI is InChI=1S/C19H28N2OS/c1-15(2)17(23-16-6-4-3-5-7-16)18(22)21-12-9-19(10-13-21)8-11-20-14-19/h3-7,15,17,20H,8-14H2,1-2H3. The summed E-state index contributed by atoms with van der Waals surface area (Å²) in [5, 5.41) is 3.51. The fourth-order valence-electron chi connectivity index (χ4n) is 3.72. The van der Waals surface area contributed by atoms with Gasteiger partial charge in [-0.15, -0.1) is 11.8 Å². The monoisotopic (exact) mass is 332 g/mol. The lowest BCUT2D eigenvalue weighted by Crippen LogP contribution is -2.47. The van der Waals surface area contributed by atoms with Crippen molar-refractivity contribution in [3.8, 4) is 0 Å². The first kappa shape index (κ1) is 16.8. The van der Waals surface area contributed by atoms with Gasteiger partial charge in [-0.1, -0.05) is 32.0 Å². The van der Waals surface area contributed by atoms with Crippen LogP contribution in [0.5, 0.6) is 0 Å². The minimum absolute atomic E-state index is 0.0214. The van der Waals surface area contributed by atoms with E-state index in [0.29, 0.717) is 17.2 Å². The molecule has 3 nitrogen and oxygen atoms in total. The van der Waals surface area contributed by atoms with Crippen LogP contribution in [-0.2, 0) is 4.79 Å². The molecule has 2 heterocycles. The summed E-state index contributed by atoms with van der Waals surface area (Å²) in [4.78, 5) is 16.3. The first-order valence-electron chi connectivity index (χ1n) is 8.81. The summed E-state index contributed by atoms with van der Waals surface area (Å²) in [7, 11) is 0. The van der Waals surface area contributed by atoms with E-state index in [9.17, 15) is 4.79 Å². The van der Waals surface area contributed by atoms with Gasteiger partial charge in [-0.25, -0.2) is 0 Å². The third-order valence-electron chi connectivity index (χ3n) is 5.32. The molecule has 1 amide bonds. The molecule has 1 unspecified atom stereocenters. The molecule has 2 aliphatic rings. The fourth-order valence-corrected chi connectivity index (χ4v) is 4.85. The van der Waals surface area contributed by atoms with E-state index in [4.69, 9.17) is 0 Å². The highest BCUT2D eigenvalue weighted by Gasteiger charge is 2.39. The van der Waals surface area contributed by atoms with E-state index in [-0.39, 0.29) is 5.25 Å². The van der Waals surface area contributed by atoms with E-state index < -0.39 is 0 Å². The molecule has 1 aromatic carbocycles. The first-order valence-corrected chi connectivity index (χ1v) is 9.69. The van der Waals surface area contributed by atoms with Crippen molar-refractivity contribution in [2.45, 2.75) is 43.3 Å². The largest absolute Gasteiger partial charge is 0.342 e. The third kappa shape index (κ3) is 3.92. The first-order chi connectivity index (χ1) is 11.1. The van der Waals surface area contributed by atoms with Crippen LogP contribution in [0.4, 0.5) is 0 Å². The van der Waals surface area contributed by atoms with E-state index in [0.717, 1.165) is 39.0 Å². The number of hydrogen-bond acceptors (Lipinski definition) is 3. The van der Waals surface area contributed by atoms with Crippen LogP contribution < -0.4 is 5.32 Å². The molecule has 1 atom stereocenters. The molecule has 0 radical (unpaired) electrons. The van der Waals surface area contributed by atoms with Crippen LogP contribution in [0, 0.1) is 11.3 Å². The Labute approximate surface area is 144 Å². The molecule has 1 aromatic rings. The quantitative estimate of drug-likeness (QED) is 0.858. The molecule has 4 heteroatoms. The van der Waals surface area contributed by atoms with Crippen molar-refractivity contribution in [2.75, 3.05) is 26.2 Å². The van der Waals surface area contributed by atoms with E-state index >= 15 is 0 Å². The lowest BCUT2D eigenvalue weighted by atomic mass is 9.78. The van der Waals surface area contributed by atoms with Gasteiger partial charge in [0.1, 0.15) is 0 Å². The minimum Gasteiger partial charge on any atom is -0.342 e. The number of hydrogen-bond donors (Lipinski definition) is 1. The molecule has 23 heavy (non-hydrogen) atoms. The number of piperidine rings is 1. The average Bonchev–Trinajstić information content (AvgIpc) is 3.01. The number of thioether (sulfide) groups is 1. The molecule has 2 aliphatic heterocycles. The van der Waals surface area contributed by atoms with Crippen LogP contribution in [0.2, 0.25) is 0 Å². The molecule has 3 rings (SSSR count). The second-order valence-corrected chi connectivity index (χ2v) is 8.56. The molecule has 0 aliphatic carbocycles. The summed E-state index contributed by atoms with van der Waals surface area (Å²) in [5.41, 5.74) is 0.469. The highest BCUT2D eigenvalue weighted by molar-refractivity contribution is 8.00. The van der Waals surface area contributed by atoms with Gasteiger partial charge in [0.2, 0.25) is 5.91 Å². The molecule has 1 N–H and O–H groups in total. The van der Waals surface area contributed by atoms with Gasteiger partial charge in [0.25, 0.3) is 0 Å². The van der Waals surface area contributed by atoms with E-state index in [2.05, 4.69) is 36.2 Å². The highest BCUT2D eigenvalue weighted by Crippen LogP contribution is 2.38. The topological polar surface area (TPSA) is 32.3 Å². The summed E-state index contributed by atoms with van der Waals surface area (Å²) in [6.07, 6.45) is 3.60. The van der Waals surface area contributed by atoms with Crippen LogP contribution in [-0.4, -0.2) is 42.2 Å².